The van der Waals surface area contributed by atoms with E-state index in [4.69, 9.17) is 14.7 Å². The Morgan fingerprint density at radius 3 is 2.44 bits per heavy atom. The lowest BCUT2D eigenvalue weighted by Gasteiger charge is -2.39. The molecule has 5 nitrogen and oxygen atoms in total. The van der Waals surface area contributed by atoms with Crippen molar-refractivity contribution in [1.82, 2.24) is 14.9 Å². The van der Waals surface area contributed by atoms with Crippen LogP contribution in [0.5, 0.6) is 0 Å². The van der Waals surface area contributed by atoms with Crippen LogP contribution in [0.1, 0.15) is 35.6 Å². The summed E-state index contributed by atoms with van der Waals surface area (Å²) in [6, 6.07) is 27.1. The van der Waals surface area contributed by atoms with Crippen molar-refractivity contribution < 1.29 is 9.53 Å². The average Bonchev–Trinajstić information content (AvgIpc) is 3.55. The Bertz CT molecular complexity index is 1440. The van der Waals surface area contributed by atoms with Gasteiger partial charge in [0.25, 0.3) is 0 Å². The largest absolute Gasteiger partial charge is 0.469 e. The molecule has 7 rings (SSSR count). The van der Waals surface area contributed by atoms with Crippen LogP contribution in [0.3, 0.4) is 0 Å². The van der Waals surface area contributed by atoms with Gasteiger partial charge in [-0.25, -0.2) is 9.97 Å². The number of aromatic nitrogens is 2. The Labute approximate surface area is 198 Å². The molecule has 0 saturated carbocycles. The molecule has 0 unspecified atom stereocenters. The van der Waals surface area contributed by atoms with Crippen molar-refractivity contribution in [3.8, 4) is 11.3 Å². The van der Waals surface area contributed by atoms with Crippen LogP contribution < -0.4 is 0 Å². The monoisotopic (exact) mass is 447 g/mol. The second-order valence-electron chi connectivity index (χ2n) is 9.56. The first kappa shape index (κ1) is 19.9. The Morgan fingerprint density at radius 1 is 0.941 bits per heavy atom. The molecule has 1 aromatic heterocycles. The van der Waals surface area contributed by atoms with Gasteiger partial charge in [-0.1, -0.05) is 66.7 Å². The van der Waals surface area contributed by atoms with Gasteiger partial charge in [-0.15, -0.1) is 0 Å². The predicted molar refractivity (Wildman–Crippen MR) is 130 cm³/mol. The third-order valence-electron chi connectivity index (χ3n) is 8.14. The first-order chi connectivity index (χ1) is 16.7. The van der Waals surface area contributed by atoms with Crippen molar-refractivity contribution in [2.75, 3.05) is 13.7 Å². The zero-order chi connectivity index (χ0) is 22.9. The van der Waals surface area contributed by atoms with E-state index < -0.39 is 11.5 Å². The molecular weight excluding hydrogens is 422 g/mol. The number of nitrogens with zero attached hydrogens (tertiary/aromatic N) is 3. The summed E-state index contributed by atoms with van der Waals surface area (Å²) in [5.41, 5.74) is 6.21. The van der Waals surface area contributed by atoms with E-state index in [0.29, 0.717) is 0 Å². The van der Waals surface area contributed by atoms with Crippen LogP contribution in [-0.2, 0) is 15.1 Å². The van der Waals surface area contributed by atoms with Crippen molar-refractivity contribution in [2.45, 2.75) is 30.3 Å². The van der Waals surface area contributed by atoms with Crippen molar-refractivity contribution >= 4 is 17.0 Å². The highest BCUT2D eigenvalue weighted by Gasteiger charge is 2.68. The normalized spacial score (nSPS) is 27.0. The van der Waals surface area contributed by atoms with Gasteiger partial charge in [-0.2, -0.15) is 0 Å². The number of esters is 1. The van der Waals surface area contributed by atoms with Gasteiger partial charge in [0.2, 0.25) is 0 Å². The molecule has 5 heteroatoms. The summed E-state index contributed by atoms with van der Waals surface area (Å²) < 4.78 is 5.54. The molecule has 2 saturated heterocycles. The fraction of sp³-hybridized carbons (Fsp3) is 0.276. The number of methoxy groups -OCH3 is 1. The van der Waals surface area contributed by atoms with E-state index in [-0.39, 0.29) is 17.9 Å². The van der Waals surface area contributed by atoms with Crippen LogP contribution in [0, 0.1) is 5.92 Å². The standard InChI is InChI=1S/C29H25N3O2/c1-34-28(33)25-24(18-10-3-2-4-11-18)23-16-9-17-32(23)29(25)20-13-6-5-12-19(20)26-27(29)31-22-15-8-7-14-21(22)30-26/h2-8,10-15,23-25H,9,16-17H2,1H3/t23-,24-,25-,29+/m1/s1. The predicted octanol–water partition coefficient (Wildman–Crippen LogP) is 4.90. The van der Waals surface area contributed by atoms with Crippen LogP contribution >= 0.6 is 0 Å². The number of hydrogen-bond acceptors (Lipinski definition) is 5. The third kappa shape index (κ3) is 2.40. The molecule has 4 aromatic rings. The van der Waals surface area contributed by atoms with E-state index in [1.807, 2.05) is 30.3 Å². The molecule has 0 N–H and O–H groups in total. The van der Waals surface area contributed by atoms with E-state index in [1.165, 1.54) is 12.7 Å². The highest BCUT2D eigenvalue weighted by Crippen LogP contribution is 2.64. The highest BCUT2D eigenvalue weighted by atomic mass is 16.5. The lowest BCUT2D eigenvalue weighted by Crippen LogP contribution is -2.48. The molecule has 1 aliphatic carbocycles. The molecule has 3 heterocycles. The Morgan fingerprint density at radius 2 is 1.65 bits per heavy atom. The Hall–Kier alpha value is -3.57. The summed E-state index contributed by atoms with van der Waals surface area (Å²) >= 11 is 0. The quantitative estimate of drug-likeness (QED) is 0.409. The summed E-state index contributed by atoms with van der Waals surface area (Å²) in [4.78, 5) is 26.7. The molecule has 0 radical (unpaired) electrons. The number of fused-ring (bicyclic) bond motifs is 8. The van der Waals surface area contributed by atoms with Crippen LogP contribution in [0.25, 0.3) is 22.3 Å². The van der Waals surface area contributed by atoms with Crippen molar-refractivity contribution in [1.29, 1.82) is 0 Å². The van der Waals surface area contributed by atoms with E-state index in [9.17, 15) is 4.79 Å². The first-order valence-electron chi connectivity index (χ1n) is 12.0. The van der Waals surface area contributed by atoms with Crippen LogP contribution in [0.15, 0.2) is 78.9 Å². The van der Waals surface area contributed by atoms with Crippen molar-refractivity contribution in [2.24, 2.45) is 5.92 Å². The minimum Gasteiger partial charge on any atom is -0.469 e. The van der Waals surface area contributed by atoms with E-state index in [0.717, 1.165) is 52.9 Å². The third-order valence-corrected chi connectivity index (χ3v) is 8.14. The summed E-state index contributed by atoms with van der Waals surface area (Å²) in [5.74, 6) is -0.577. The molecule has 3 aromatic carbocycles. The number of carbonyl (C=O) groups excluding carboxylic acids is 1. The van der Waals surface area contributed by atoms with Crippen LogP contribution in [0.2, 0.25) is 0 Å². The molecule has 2 fully saturated rings. The van der Waals surface area contributed by atoms with Crippen molar-refractivity contribution in [3.63, 3.8) is 0 Å². The number of benzene rings is 3. The van der Waals surface area contributed by atoms with Gasteiger partial charge < -0.3 is 4.74 Å². The summed E-state index contributed by atoms with van der Waals surface area (Å²) in [7, 11) is 1.51. The maximum Gasteiger partial charge on any atom is 0.312 e. The van der Waals surface area contributed by atoms with Gasteiger partial charge in [0.05, 0.1) is 35.4 Å². The highest BCUT2D eigenvalue weighted by molar-refractivity contribution is 5.88. The van der Waals surface area contributed by atoms with Crippen LogP contribution in [-0.4, -0.2) is 40.5 Å². The number of rotatable bonds is 2. The zero-order valence-corrected chi connectivity index (χ0v) is 19.0. The van der Waals surface area contributed by atoms with Gasteiger partial charge in [-0.3, -0.25) is 9.69 Å². The summed E-state index contributed by atoms with van der Waals surface area (Å²) in [5, 5.41) is 0. The first-order valence-corrected chi connectivity index (χ1v) is 12.0. The molecule has 34 heavy (non-hydrogen) atoms. The van der Waals surface area contributed by atoms with Gasteiger partial charge in [-0.05, 0) is 42.6 Å². The fourth-order valence-corrected chi connectivity index (χ4v) is 7.01. The van der Waals surface area contributed by atoms with E-state index in [1.54, 1.807) is 0 Å². The van der Waals surface area contributed by atoms with E-state index >= 15 is 0 Å². The maximum atomic E-state index is 13.8. The average molecular weight is 448 g/mol. The summed E-state index contributed by atoms with van der Waals surface area (Å²) in [6.45, 7) is 0.920. The number of carbonyl (C=O) groups is 1. The molecule has 168 valence electrons. The van der Waals surface area contributed by atoms with Gasteiger partial charge >= 0.3 is 5.97 Å². The van der Waals surface area contributed by atoms with Gasteiger partial charge in [0.15, 0.2) is 0 Å². The molecule has 0 bridgehead atoms. The molecular formula is C29H25N3O2. The summed E-state index contributed by atoms with van der Waals surface area (Å²) in [6.07, 6.45) is 2.15. The zero-order valence-electron chi connectivity index (χ0n) is 19.0. The number of hydrogen-bond donors (Lipinski definition) is 0. The number of ether oxygens (including phenoxy) is 1. The minimum absolute atomic E-state index is 0.0171. The molecule has 4 atom stereocenters. The van der Waals surface area contributed by atoms with Crippen LogP contribution in [0.4, 0.5) is 0 Å². The molecule has 2 aliphatic heterocycles. The molecule has 0 amide bonds. The lowest BCUT2D eigenvalue weighted by atomic mass is 9.71. The second-order valence-corrected chi connectivity index (χ2v) is 9.56. The smallest absolute Gasteiger partial charge is 0.312 e. The van der Waals surface area contributed by atoms with E-state index in [2.05, 4.69) is 53.4 Å². The molecule has 1 spiro atoms. The maximum absolute atomic E-state index is 13.8. The van der Waals surface area contributed by atoms with Crippen molar-refractivity contribution in [3.05, 3.63) is 95.7 Å². The molecule has 3 aliphatic rings. The number of para-hydroxylation sites is 2. The minimum atomic E-state index is -0.697. The van der Waals surface area contributed by atoms with Gasteiger partial charge in [0, 0.05) is 17.5 Å². The lowest BCUT2D eigenvalue weighted by molar-refractivity contribution is -0.148. The fourth-order valence-electron chi connectivity index (χ4n) is 7.01. The second kappa shape index (κ2) is 7.21. The SMILES string of the molecule is COC(=O)[C@H]1[C@H](c2ccccc2)[C@H]2CCCN2[C@@]12c1ccccc1-c1nc3ccccc3nc12. The van der Waals surface area contributed by atoms with Gasteiger partial charge in [0.1, 0.15) is 5.54 Å². The Kier molecular flexibility index (Phi) is 4.21. The Balaban J connectivity index is 1.59. The topological polar surface area (TPSA) is 55.3 Å².